The summed E-state index contributed by atoms with van der Waals surface area (Å²) < 4.78 is 12.2. The predicted octanol–water partition coefficient (Wildman–Crippen LogP) is 2.50. The lowest BCUT2D eigenvalue weighted by atomic mass is 9.78. The molecule has 0 spiro atoms. The van der Waals surface area contributed by atoms with Gasteiger partial charge in [-0.1, -0.05) is 6.07 Å². The van der Waals surface area contributed by atoms with Crippen LogP contribution in [0.4, 0.5) is 0 Å². The van der Waals surface area contributed by atoms with Crippen LogP contribution in [0.15, 0.2) is 29.9 Å². The summed E-state index contributed by atoms with van der Waals surface area (Å²) in [4.78, 5) is 8.79. The molecule has 104 valence electrons. The predicted molar refractivity (Wildman–Crippen MR) is 81.1 cm³/mol. The van der Waals surface area contributed by atoms with Gasteiger partial charge in [0.05, 0.1) is 16.9 Å². The molecule has 2 aromatic heterocycles. The molecule has 6 heteroatoms. The maximum Gasteiger partial charge on any atom is 0.497 e. The van der Waals surface area contributed by atoms with Crippen molar-refractivity contribution in [1.82, 2.24) is 9.97 Å². The second kappa shape index (κ2) is 4.65. The molecule has 0 N–H and O–H groups in total. The number of nitrogens with zero attached hydrogens (tertiary/aromatic N) is 2. The topological polar surface area (TPSA) is 44.2 Å². The van der Waals surface area contributed by atoms with Gasteiger partial charge in [0.1, 0.15) is 5.01 Å². The number of aromatic nitrogens is 2. The highest BCUT2D eigenvalue weighted by atomic mass is 32.1. The summed E-state index contributed by atoms with van der Waals surface area (Å²) in [5.74, 6) is 0. The average Bonchev–Trinajstić information content (AvgIpc) is 2.97. The van der Waals surface area contributed by atoms with Gasteiger partial charge in [0.15, 0.2) is 0 Å². The van der Waals surface area contributed by atoms with Crippen LogP contribution in [-0.4, -0.2) is 28.3 Å². The molecule has 20 heavy (non-hydrogen) atoms. The Morgan fingerprint density at radius 1 is 1.05 bits per heavy atom. The minimum absolute atomic E-state index is 0.354. The summed E-state index contributed by atoms with van der Waals surface area (Å²) in [5.41, 5.74) is 1.06. The zero-order valence-corrected chi connectivity index (χ0v) is 12.9. The molecule has 1 aliphatic heterocycles. The Morgan fingerprint density at radius 3 is 2.35 bits per heavy atom. The van der Waals surface area contributed by atoms with E-state index in [1.807, 2.05) is 45.2 Å². The second-order valence-electron chi connectivity index (χ2n) is 5.87. The molecule has 1 fully saturated rings. The highest BCUT2D eigenvalue weighted by Gasteiger charge is 2.52. The zero-order valence-electron chi connectivity index (χ0n) is 12.1. The first-order valence-electron chi connectivity index (χ1n) is 6.61. The highest BCUT2D eigenvalue weighted by Crippen LogP contribution is 2.37. The van der Waals surface area contributed by atoms with Crippen LogP contribution in [0.5, 0.6) is 0 Å². The summed E-state index contributed by atoms with van der Waals surface area (Å²) in [6.45, 7) is 8.19. The first-order valence-corrected chi connectivity index (χ1v) is 7.49. The van der Waals surface area contributed by atoms with Crippen molar-refractivity contribution in [1.29, 1.82) is 0 Å². The van der Waals surface area contributed by atoms with E-state index in [4.69, 9.17) is 9.31 Å². The van der Waals surface area contributed by atoms with Crippen LogP contribution in [0.2, 0.25) is 0 Å². The summed E-state index contributed by atoms with van der Waals surface area (Å²) in [6, 6.07) is 3.89. The first kappa shape index (κ1) is 13.7. The van der Waals surface area contributed by atoms with Crippen LogP contribution < -0.4 is 5.46 Å². The van der Waals surface area contributed by atoms with Crippen molar-refractivity contribution < 1.29 is 9.31 Å². The maximum absolute atomic E-state index is 6.10. The van der Waals surface area contributed by atoms with Crippen LogP contribution in [0, 0.1) is 0 Å². The van der Waals surface area contributed by atoms with Gasteiger partial charge < -0.3 is 9.31 Å². The third-order valence-corrected chi connectivity index (χ3v) is 4.76. The molecular weight excluding hydrogens is 271 g/mol. The standard InChI is InChI=1S/C14H17BN2O2S/c1-13(2)14(3,4)19-15(18-13)10-6-5-7-16-11(10)12-17-8-9-20-12/h5-9H,1-4H3. The lowest BCUT2D eigenvalue weighted by Gasteiger charge is -2.32. The number of pyridine rings is 1. The van der Waals surface area contributed by atoms with Gasteiger partial charge in [-0.25, -0.2) is 4.98 Å². The molecule has 1 saturated heterocycles. The Balaban J connectivity index is 2.01. The van der Waals surface area contributed by atoms with Gasteiger partial charge in [-0.2, -0.15) is 0 Å². The van der Waals surface area contributed by atoms with Gasteiger partial charge in [0, 0.05) is 23.2 Å². The number of hydrogen-bond acceptors (Lipinski definition) is 5. The normalized spacial score (nSPS) is 20.3. The Hall–Kier alpha value is -1.24. The van der Waals surface area contributed by atoms with E-state index < -0.39 is 7.12 Å². The molecule has 0 unspecified atom stereocenters. The van der Waals surface area contributed by atoms with E-state index in [0.717, 1.165) is 16.2 Å². The largest absolute Gasteiger partial charge is 0.497 e. The van der Waals surface area contributed by atoms with Crippen LogP contribution >= 0.6 is 11.3 Å². The molecule has 0 saturated carbocycles. The molecule has 0 bridgehead atoms. The average molecular weight is 288 g/mol. The molecule has 1 aliphatic rings. The summed E-state index contributed by atoms with van der Waals surface area (Å²) >= 11 is 1.56. The van der Waals surface area contributed by atoms with Crippen LogP contribution in [0.3, 0.4) is 0 Å². The molecule has 2 aromatic rings. The molecule has 0 aliphatic carbocycles. The monoisotopic (exact) mass is 288 g/mol. The van der Waals surface area contributed by atoms with Gasteiger partial charge in [0.2, 0.25) is 0 Å². The molecule has 0 radical (unpaired) electrons. The van der Waals surface area contributed by atoms with Crippen molar-refractivity contribution in [2.24, 2.45) is 0 Å². The van der Waals surface area contributed by atoms with Crippen molar-refractivity contribution >= 4 is 23.9 Å². The lowest BCUT2D eigenvalue weighted by Crippen LogP contribution is -2.41. The van der Waals surface area contributed by atoms with Crippen molar-refractivity contribution in [3.63, 3.8) is 0 Å². The smallest absolute Gasteiger partial charge is 0.399 e. The molecule has 3 heterocycles. The Morgan fingerprint density at radius 2 is 1.75 bits per heavy atom. The number of rotatable bonds is 2. The van der Waals surface area contributed by atoms with Crippen LogP contribution in [-0.2, 0) is 9.31 Å². The molecule has 4 nitrogen and oxygen atoms in total. The van der Waals surface area contributed by atoms with Gasteiger partial charge in [-0.3, -0.25) is 4.98 Å². The molecule has 3 rings (SSSR count). The fourth-order valence-electron chi connectivity index (χ4n) is 2.10. The summed E-state index contributed by atoms with van der Waals surface area (Å²) in [6.07, 6.45) is 3.55. The third kappa shape index (κ3) is 2.18. The molecule has 0 amide bonds. The zero-order chi connectivity index (χ0) is 14.4. The van der Waals surface area contributed by atoms with Gasteiger partial charge >= 0.3 is 7.12 Å². The lowest BCUT2D eigenvalue weighted by molar-refractivity contribution is 0.00578. The molecular formula is C14H17BN2O2S. The van der Waals surface area contributed by atoms with Crippen molar-refractivity contribution in [2.45, 2.75) is 38.9 Å². The quantitative estimate of drug-likeness (QED) is 0.796. The fraction of sp³-hybridized carbons (Fsp3) is 0.429. The first-order chi connectivity index (χ1) is 9.41. The van der Waals surface area contributed by atoms with E-state index in [0.29, 0.717) is 0 Å². The highest BCUT2D eigenvalue weighted by molar-refractivity contribution is 7.13. The van der Waals surface area contributed by atoms with E-state index in [1.54, 1.807) is 23.7 Å². The maximum atomic E-state index is 6.10. The third-order valence-electron chi connectivity index (χ3n) is 3.98. The minimum atomic E-state index is -0.410. The van der Waals surface area contributed by atoms with E-state index in [1.165, 1.54) is 0 Å². The van der Waals surface area contributed by atoms with E-state index in [2.05, 4.69) is 9.97 Å². The van der Waals surface area contributed by atoms with E-state index in [9.17, 15) is 0 Å². The van der Waals surface area contributed by atoms with Crippen molar-refractivity contribution in [3.05, 3.63) is 29.9 Å². The second-order valence-corrected chi connectivity index (χ2v) is 6.76. The van der Waals surface area contributed by atoms with Gasteiger partial charge in [-0.05, 0) is 33.8 Å². The Labute approximate surface area is 123 Å². The SMILES string of the molecule is CC1(C)OB(c2cccnc2-c2nccs2)OC1(C)C. The Kier molecular flexibility index (Phi) is 3.19. The minimum Gasteiger partial charge on any atom is -0.399 e. The van der Waals surface area contributed by atoms with Crippen molar-refractivity contribution in [2.75, 3.05) is 0 Å². The van der Waals surface area contributed by atoms with Gasteiger partial charge in [0.25, 0.3) is 0 Å². The van der Waals surface area contributed by atoms with E-state index >= 15 is 0 Å². The summed E-state index contributed by atoms with van der Waals surface area (Å²) in [7, 11) is -0.410. The number of thiazole rings is 1. The van der Waals surface area contributed by atoms with Crippen molar-refractivity contribution in [3.8, 4) is 10.7 Å². The van der Waals surface area contributed by atoms with Crippen LogP contribution in [0.1, 0.15) is 27.7 Å². The molecule has 0 atom stereocenters. The van der Waals surface area contributed by atoms with E-state index in [-0.39, 0.29) is 11.2 Å². The fourth-order valence-corrected chi connectivity index (χ4v) is 2.75. The Bertz CT molecular complexity index is 597. The summed E-state index contributed by atoms with van der Waals surface area (Å²) in [5, 5.41) is 2.83. The van der Waals surface area contributed by atoms with Gasteiger partial charge in [-0.15, -0.1) is 11.3 Å². The number of hydrogen-bond donors (Lipinski definition) is 0. The van der Waals surface area contributed by atoms with Crippen LogP contribution in [0.25, 0.3) is 10.7 Å². The molecule has 0 aromatic carbocycles.